The number of carbonyl (C=O) groups excluding carboxylic acids is 2. The van der Waals surface area contributed by atoms with E-state index in [1.165, 1.54) is 0 Å². The second kappa shape index (κ2) is 14.5. The molecule has 10 heteroatoms. The van der Waals surface area contributed by atoms with Gasteiger partial charge in [-0.2, -0.15) is 5.10 Å². The largest absolute Gasteiger partial charge is 0.457 e. The van der Waals surface area contributed by atoms with E-state index in [2.05, 4.69) is 32.8 Å². The summed E-state index contributed by atoms with van der Waals surface area (Å²) in [5.74, 6) is -0.600. The van der Waals surface area contributed by atoms with Gasteiger partial charge in [0.2, 0.25) is 0 Å². The molecule has 1 aromatic heterocycles. The van der Waals surface area contributed by atoms with E-state index in [4.69, 9.17) is 9.47 Å². The van der Waals surface area contributed by atoms with Crippen LogP contribution in [0.4, 0.5) is 4.79 Å². The first kappa shape index (κ1) is 31.3. The van der Waals surface area contributed by atoms with Gasteiger partial charge >= 0.3 is 12.1 Å². The van der Waals surface area contributed by atoms with Crippen LogP contribution in [0.1, 0.15) is 64.5 Å². The molecule has 4 rings (SSSR count). The number of carbonyl (C=O) groups is 2. The summed E-state index contributed by atoms with van der Waals surface area (Å²) >= 11 is 0. The SMILES string of the molecule is C/C(=C\c1cnn(C2CCN(C)CC2)c1)[C@H]1OC(=O)C[C@H](O)CC[C@H](C)[C@@H](OC(=O)N2CCN(C)CC2)/C=C/[C@@H]1C. The molecule has 2 fully saturated rings. The van der Waals surface area contributed by atoms with E-state index in [0.29, 0.717) is 32.0 Å². The fourth-order valence-electron chi connectivity index (χ4n) is 5.86. The number of aromatic nitrogens is 2. The first-order valence-electron chi connectivity index (χ1n) is 15.2. The molecule has 228 valence electrons. The standard InChI is InChI=1S/C31H49N5O5/c1-22-6-8-27(37)19-29(38)41-30(23(2)7-9-28(22)40-31(39)35-16-14-34(5)15-17-35)24(3)18-25-20-32-36(21-25)26-10-12-33(4)13-11-26/h7,9,18,20-23,26-28,30,37H,6,8,10-17,19H2,1-5H3/b9-7+,24-18+/t22-,23-,27+,28-,30-/m0/s1. The quantitative estimate of drug-likeness (QED) is 0.432. The molecule has 3 aliphatic rings. The predicted molar refractivity (Wildman–Crippen MR) is 158 cm³/mol. The second-order valence-corrected chi connectivity index (χ2v) is 12.4. The molecule has 10 nitrogen and oxygen atoms in total. The van der Waals surface area contributed by atoms with Crippen LogP contribution >= 0.6 is 0 Å². The highest BCUT2D eigenvalue weighted by Crippen LogP contribution is 2.27. The molecule has 0 saturated carbocycles. The summed E-state index contributed by atoms with van der Waals surface area (Å²) in [6, 6.07) is 0.392. The van der Waals surface area contributed by atoms with E-state index < -0.39 is 24.3 Å². The average molecular weight is 572 g/mol. The molecule has 0 unspecified atom stereocenters. The van der Waals surface area contributed by atoms with Gasteiger partial charge in [-0.05, 0) is 83.4 Å². The van der Waals surface area contributed by atoms with Crippen LogP contribution in [0.15, 0.2) is 30.1 Å². The zero-order valence-corrected chi connectivity index (χ0v) is 25.4. The van der Waals surface area contributed by atoms with E-state index >= 15 is 0 Å². The number of likely N-dealkylation sites (tertiary alicyclic amines) is 1. The van der Waals surface area contributed by atoms with Gasteiger partial charge in [0, 0.05) is 43.9 Å². The molecule has 1 N–H and O–H groups in total. The summed E-state index contributed by atoms with van der Waals surface area (Å²) in [5.41, 5.74) is 1.86. The predicted octanol–water partition coefficient (Wildman–Crippen LogP) is 3.59. The Kier molecular flexibility index (Phi) is 11.0. The van der Waals surface area contributed by atoms with Crippen molar-refractivity contribution in [3.63, 3.8) is 0 Å². The Morgan fingerprint density at radius 3 is 2.41 bits per heavy atom. The molecule has 0 radical (unpaired) electrons. The van der Waals surface area contributed by atoms with E-state index in [1.807, 2.05) is 52.2 Å². The van der Waals surface area contributed by atoms with Gasteiger partial charge in [0.25, 0.3) is 0 Å². The minimum Gasteiger partial charge on any atom is -0.457 e. The monoisotopic (exact) mass is 571 g/mol. The van der Waals surface area contributed by atoms with Crippen molar-refractivity contribution < 1.29 is 24.2 Å². The number of nitrogens with zero attached hydrogens (tertiary/aromatic N) is 5. The zero-order valence-electron chi connectivity index (χ0n) is 25.4. The van der Waals surface area contributed by atoms with Crippen molar-refractivity contribution in [3.05, 3.63) is 35.7 Å². The Bertz CT molecular complexity index is 1070. The van der Waals surface area contributed by atoms with E-state index in [0.717, 1.165) is 50.2 Å². The summed E-state index contributed by atoms with van der Waals surface area (Å²) in [7, 11) is 4.20. The lowest BCUT2D eigenvalue weighted by Crippen LogP contribution is -2.48. The van der Waals surface area contributed by atoms with Gasteiger partial charge in [-0.3, -0.25) is 9.48 Å². The smallest absolute Gasteiger partial charge is 0.410 e. The number of amides is 1. The van der Waals surface area contributed by atoms with Crippen LogP contribution in [0.3, 0.4) is 0 Å². The van der Waals surface area contributed by atoms with Crippen LogP contribution in [-0.2, 0) is 14.3 Å². The van der Waals surface area contributed by atoms with Crippen LogP contribution in [-0.4, -0.2) is 113 Å². The molecule has 1 aromatic rings. The molecule has 1 amide bonds. The van der Waals surface area contributed by atoms with E-state index in [-0.39, 0.29) is 24.3 Å². The van der Waals surface area contributed by atoms with Gasteiger partial charge in [-0.25, -0.2) is 4.79 Å². The summed E-state index contributed by atoms with van der Waals surface area (Å²) in [4.78, 5) is 32.1. The maximum absolute atomic E-state index is 13.0. The third-order valence-electron chi connectivity index (χ3n) is 8.78. The summed E-state index contributed by atoms with van der Waals surface area (Å²) in [5, 5.41) is 15.2. The Morgan fingerprint density at radius 1 is 1.02 bits per heavy atom. The van der Waals surface area contributed by atoms with Crippen molar-refractivity contribution in [3.8, 4) is 0 Å². The Morgan fingerprint density at radius 2 is 1.71 bits per heavy atom. The third-order valence-corrected chi connectivity index (χ3v) is 8.78. The Hall–Kier alpha value is -2.69. The lowest BCUT2D eigenvalue weighted by Gasteiger charge is -2.33. The zero-order chi connectivity index (χ0) is 29.5. The van der Waals surface area contributed by atoms with Gasteiger partial charge in [-0.15, -0.1) is 0 Å². The normalized spacial score (nSPS) is 31.2. The van der Waals surface area contributed by atoms with Gasteiger partial charge in [-0.1, -0.05) is 19.9 Å². The van der Waals surface area contributed by atoms with Crippen molar-refractivity contribution in [1.82, 2.24) is 24.5 Å². The van der Waals surface area contributed by atoms with Crippen molar-refractivity contribution in [1.29, 1.82) is 0 Å². The van der Waals surface area contributed by atoms with Crippen molar-refractivity contribution in [2.75, 3.05) is 53.4 Å². The minimum atomic E-state index is -0.810. The van der Waals surface area contributed by atoms with Crippen LogP contribution < -0.4 is 0 Å². The first-order valence-corrected chi connectivity index (χ1v) is 15.2. The summed E-state index contributed by atoms with van der Waals surface area (Å²) in [6.45, 7) is 11.0. The molecule has 4 heterocycles. The summed E-state index contributed by atoms with van der Waals surface area (Å²) < 4.78 is 14.0. The molecular formula is C31H49N5O5. The Balaban J connectivity index is 1.50. The lowest BCUT2D eigenvalue weighted by molar-refractivity contribution is -0.151. The first-order chi connectivity index (χ1) is 19.6. The number of esters is 1. The minimum absolute atomic E-state index is 0.0135. The molecule has 2 saturated heterocycles. The number of ether oxygens (including phenoxy) is 2. The number of cyclic esters (lactones) is 1. The van der Waals surface area contributed by atoms with Crippen LogP contribution in [0.2, 0.25) is 0 Å². The fourth-order valence-corrected chi connectivity index (χ4v) is 5.86. The molecule has 0 bridgehead atoms. The van der Waals surface area contributed by atoms with Crippen molar-refractivity contribution >= 4 is 18.1 Å². The number of likely N-dealkylation sites (N-methyl/N-ethyl adjacent to an activating group) is 1. The molecular weight excluding hydrogens is 522 g/mol. The van der Waals surface area contributed by atoms with E-state index in [9.17, 15) is 14.7 Å². The summed E-state index contributed by atoms with van der Waals surface area (Å²) in [6.07, 6.45) is 10.9. The molecule has 0 aliphatic carbocycles. The fraction of sp³-hybridized carbons (Fsp3) is 0.710. The van der Waals surface area contributed by atoms with Crippen molar-refractivity contribution in [2.45, 2.75) is 77.2 Å². The molecule has 0 aromatic carbocycles. The van der Waals surface area contributed by atoms with E-state index in [1.54, 1.807) is 4.90 Å². The molecule has 3 aliphatic heterocycles. The van der Waals surface area contributed by atoms with Crippen LogP contribution in [0, 0.1) is 11.8 Å². The van der Waals surface area contributed by atoms with Crippen molar-refractivity contribution in [2.24, 2.45) is 11.8 Å². The highest BCUT2D eigenvalue weighted by molar-refractivity contribution is 5.71. The third kappa shape index (κ3) is 8.90. The van der Waals surface area contributed by atoms with Gasteiger partial charge in [0.15, 0.2) is 0 Å². The van der Waals surface area contributed by atoms with Crippen LogP contribution in [0.5, 0.6) is 0 Å². The topological polar surface area (TPSA) is 100 Å². The molecule has 5 atom stereocenters. The van der Waals surface area contributed by atoms with Gasteiger partial charge < -0.3 is 29.3 Å². The number of aliphatic hydroxyl groups is 1. The van der Waals surface area contributed by atoms with Crippen LogP contribution in [0.25, 0.3) is 6.08 Å². The Labute approximate surface area is 244 Å². The highest BCUT2D eigenvalue weighted by Gasteiger charge is 2.29. The second-order valence-electron chi connectivity index (χ2n) is 12.4. The van der Waals surface area contributed by atoms with Gasteiger partial charge in [0.1, 0.15) is 12.2 Å². The number of piperazine rings is 1. The lowest BCUT2D eigenvalue weighted by atomic mass is 9.92. The number of hydrogen-bond acceptors (Lipinski definition) is 8. The highest BCUT2D eigenvalue weighted by atomic mass is 16.6. The number of piperidine rings is 1. The van der Waals surface area contributed by atoms with Gasteiger partial charge in [0.05, 0.1) is 24.8 Å². The maximum Gasteiger partial charge on any atom is 0.410 e. The average Bonchev–Trinajstić information content (AvgIpc) is 3.40. The molecule has 0 spiro atoms. The maximum atomic E-state index is 13.0. The number of aliphatic hydroxyl groups excluding tert-OH is 1. The molecule has 41 heavy (non-hydrogen) atoms. The number of rotatable bonds is 4. The number of hydrogen-bond donors (Lipinski definition) is 1.